The van der Waals surface area contributed by atoms with Crippen molar-refractivity contribution in [3.63, 3.8) is 0 Å². The molecule has 1 unspecified atom stereocenters. The molecule has 1 fully saturated rings. The van der Waals surface area contributed by atoms with Crippen molar-refractivity contribution >= 4 is 37.2 Å². The van der Waals surface area contributed by atoms with Crippen molar-refractivity contribution in [2.75, 3.05) is 25.1 Å². The molecule has 1 aliphatic heterocycles. The molecule has 2 heterocycles. The Balaban J connectivity index is 1.80. The molecule has 3 rings (SSSR count). The Morgan fingerprint density at radius 1 is 1.36 bits per heavy atom. The average molecular weight is 337 g/mol. The minimum absolute atomic E-state index is 0.0238. The summed E-state index contributed by atoms with van der Waals surface area (Å²) in [7, 11) is -3.00. The van der Waals surface area contributed by atoms with E-state index in [9.17, 15) is 13.2 Å². The molecule has 118 valence electrons. The summed E-state index contributed by atoms with van der Waals surface area (Å²) in [6, 6.07) is 7.89. The number of nitrogens with zero attached hydrogens (tertiary/aromatic N) is 1. The molecule has 1 aromatic carbocycles. The fraction of sp³-hybridized carbons (Fsp3) is 0.438. The highest BCUT2D eigenvalue weighted by atomic mass is 32.2. The summed E-state index contributed by atoms with van der Waals surface area (Å²) >= 11 is 1.57. The van der Waals surface area contributed by atoms with E-state index in [0.717, 1.165) is 28.5 Å². The number of hydrogen-bond acceptors (Lipinski definition) is 4. The van der Waals surface area contributed by atoms with Gasteiger partial charge in [0.1, 0.15) is 9.84 Å². The zero-order valence-corrected chi connectivity index (χ0v) is 14.1. The monoisotopic (exact) mass is 337 g/mol. The van der Waals surface area contributed by atoms with Crippen LogP contribution in [0.4, 0.5) is 0 Å². The highest BCUT2D eigenvalue weighted by Crippen LogP contribution is 2.28. The smallest absolute Gasteiger partial charge is 0.255 e. The normalized spacial score (nSPS) is 19.5. The van der Waals surface area contributed by atoms with Gasteiger partial charge in [0.05, 0.1) is 11.3 Å². The molecule has 6 heteroatoms. The number of benzene rings is 1. The quantitative estimate of drug-likeness (QED) is 0.865. The average Bonchev–Trinajstić information content (AvgIpc) is 2.89. The van der Waals surface area contributed by atoms with E-state index in [1.54, 1.807) is 11.3 Å². The van der Waals surface area contributed by atoms with Gasteiger partial charge in [-0.15, -0.1) is 11.3 Å². The van der Waals surface area contributed by atoms with Crippen molar-refractivity contribution < 1.29 is 13.2 Å². The van der Waals surface area contributed by atoms with Crippen LogP contribution < -0.4 is 0 Å². The summed E-state index contributed by atoms with van der Waals surface area (Å²) in [5.41, 5.74) is 0.737. The zero-order chi connectivity index (χ0) is 15.7. The molecular weight excluding hydrogens is 318 g/mol. The number of sulfone groups is 1. The molecular formula is C16H19NO3S2. The van der Waals surface area contributed by atoms with Gasteiger partial charge in [0.25, 0.3) is 5.91 Å². The van der Waals surface area contributed by atoms with Gasteiger partial charge in [0.2, 0.25) is 0 Å². The topological polar surface area (TPSA) is 54.5 Å². The maximum absolute atomic E-state index is 12.8. The fourth-order valence-corrected chi connectivity index (χ4v) is 5.19. The number of amides is 1. The summed E-state index contributed by atoms with van der Waals surface area (Å²) in [6.07, 6.45) is 3.01. The summed E-state index contributed by atoms with van der Waals surface area (Å²) in [6.45, 7) is 1.25. The summed E-state index contributed by atoms with van der Waals surface area (Å²) < 4.78 is 24.1. The van der Waals surface area contributed by atoms with Gasteiger partial charge in [-0.25, -0.2) is 8.42 Å². The molecule has 1 amide bonds. The van der Waals surface area contributed by atoms with E-state index in [-0.39, 0.29) is 17.6 Å². The predicted octanol–water partition coefficient (Wildman–Crippen LogP) is 2.80. The number of thiophene rings is 1. The SMILES string of the molecule is CS(=O)(=O)CC1CCCN(C(=O)c2csc3ccccc23)C1. The lowest BCUT2D eigenvalue weighted by Crippen LogP contribution is -2.41. The van der Waals surface area contributed by atoms with E-state index in [1.165, 1.54) is 6.26 Å². The summed E-state index contributed by atoms with van der Waals surface area (Å²) in [4.78, 5) is 14.6. The van der Waals surface area contributed by atoms with Crippen molar-refractivity contribution in [2.24, 2.45) is 5.92 Å². The van der Waals surface area contributed by atoms with Crippen molar-refractivity contribution in [3.05, 3.63) is 35.2 Å². The third kappa shape index (κ3) is 3.33. The minimum Gasteiger partial charge on any atom is -0.338 e. The lowest BCUT2D eigenvalue weighted by atomic mass is 9.99. The molecule has 1 aliphatic rings. The number of carbonyl (C=O) groups is 1. The van der Waals surface area contributed by atoms with Crippen LogP contribution in [0.3, 0.4) is 0 Å². The molecule has 1 saturated heterocycles. The number of fused-ring (bicyclic) bond motifs is 1. The van der Waals surface area contributed by atoms with Gasteiger partial charge in [-0.05, 0) is 24.8 Å². The summed E-state index contributed by atoms with van der Waals surface area (Å²) in [5.74, 6) is 0.245. The van der Waals surface area contributed by atoms with E-state index in [4.69, 9.17) is 0 Å². The Morgan fingerprint density at radius 2 is 2.14 bits per heavy atom. The van der Waals surface area contributed by atoms with Crippen LogP contribution in [0, 0.1) is 5.92 Å². The molecule has 0 spiro atoms. The van der Waals surface area contributed by atoms with Crippen LogP contribution in [0.2, 0.25) is 0 Å². The first kappa shape index (κ1) is 15.5. The maximum Gasteiger partial charge on any atom is 0.255 e. The second-order valence-electron chi connectivity index (χ2n) is 6.00. The van der Waals surface area contributed by atoms with Crippen LogP contribution in [0.5, 0.6) is 0 Å². The minimum atomic E-state index is -3.00. The van der Waals surface area contributed by atoms with Crippen LogP contribution >= 0.6 is 11.3 Å². The second kappa shape index (κ2) is 6.01. The zero-order valence-electron chi connectivity index (χ0n) is 12.5. The standard InChI is InChI=1S/C16H19NO3S2/c1-22(19,20)11-12-5-4-8-17(9-12)16(18)14-10-21-15-7-3-2-6-13(14)15/h2-3,6-7,10,12H,4-5,8-9,11H2,1H3. The Kier molecular flexibility index (Phi) is 4.23. The molecule has 0 saturated carbocycles. The first-order chi connectivity index (χ1) is 10.4. The highest BCUT2D eigenvalue weighted by molar-refractivity contribution is 7.90. The van der Waals surface area contributed by atoms with Gasteiger partial charge in [-0.3, -0.25) is 4.79 Å². The van der Waals surface area contributed by atoms with Gasteiger partial charge in [-0.2, -0.15) is 0 Å². The highest BCUT2D eigenvalue weighted by Gasteiger charge is 2.27. The number of carbonyl (C=O) groups excluding carboxylic acids is 1. The lowest BCUT2D eigenvalue weighted by molar-refractivity contribution is 0.0687. The summed E-state index contributed by atoms with van der Waals surface area (Å²) in [5, 5.41) is 2.90. The van der Waals surface area contributed by atoms with Crippen LogP contribution in [-0.2, 0) is 9.84 Å². The van der Waals surface area contributed by atoms with E-state index in [0.29, 0.717) is 13.1 Å². The van der Waals surface area contributed by atoms with Crippen molar-refractivity contribution in [3.8, 4) is 0 Å². The van der Waals surface area contributed by atoms with E-state index >= 15 is 0 Å². The molecule has 0 radical (unpaired) electrons. The van der Waals surface area contributed by atoms with Gasteiger partial charge in [0.15, 0.2) is 0 Å². The van der Waals surface area contributed by atoms with E-state index < -0.39 is 9.84 Å². The van der Waals surface area contributed by atoms with E-state index in [1.807, 2.05) is 34.5 Å². The molecule has 0 N–H and O–H groups in total. The number of likely N-dealkylation sites (tertiary alicyclic amines) is 1. The number of hydrogen-bond donors (Lipinski definition) is 0. The molecule has 2 aromatic rings. The Bertz CT molecular complexity index is 795. The van der Waals surface area contributed by atoms with Crippen LogP contribution in [0.25, 0.3) is 10.1 Å². The molecule has 4 nitrogen and oxygen atoms in total. The van der Waals surface area contributed by atoms with Crippen molar-refractivity contribution in [1.29, 1.82) is 0 Å². The first-order valence-corrected chi connectivity index (χ1v) is 10.3. The van der Waals surface area contributed by atoms with E-state index in [2.05, 4.69) is 0 Å². The van der Waals surface area contributed by atoms with Crippen LogP contribution in [0.15, 0.2) is 29.6 Å². The maximum atomic E-state index is 12.8. The number of piperidine rings is 1. The molecule has 22 heavy (non-hydrogen) atoms. The van der Waals surface area contributed by atoms with Gasteiger partial charge >= 0.3 is 0 Å². The van der Waals surface area contributed by atoms with Crippen LogP contribution in [0.1, 0.15) is 23.2 Å². The number of rotatable bonds is 3. The van der Waals surface area contributed by atoms with Gasteiger partial charge < -0.3 is 4.90 Å². The lowest BCUT2D eigenvalue weighted by Gasteiger charge is -2.32. The Morgan fingerprint density at radius 3 is 2.91 bits per heavy atom. The molecule has 1 aromatic heterocycles. The molecule has 1 atom stereocenters. The first-order valence-electron chi connectivity index (χ1n) is 7.37. The Hall–Kier alpha value is -1.40. The third-order valence-corrected chi connectivity index (χ3v) is 6.10. The Labute approximate surface area is 134 Å². The predicted molar refractivity (Wildman–Crippen MR) is 90.2 cm³/mol. The van der Waals surface area contributed by atoms with Crippen LogP contribution in [-0.4, -0.2) is 44.3 Å². The van der Waals surface area contributed by atoms with Gasteiger partial charge in [-0.1, -0.05) is 18.2 Å². The largest absolute Gasteiger partial charge is 0.338 e. The molecule has 0 bridgehead atoms. The third-order valence-electron chi connectivity index (χ3n) is 4.06. The van der Waals surface area contributed by atoms with Gasteiger partial charge in [0, 0.05) is 34.8 Å². The fourth-order valence-electron chi connectivity index (χ4n) is 3.13. The molecule has 0 aliphatic carbocycles. The van der Waals surface area contributed by atoms with Crippen molar-refractivity contribution in [2.45, 2.75) is 12.8 Å². The second-order valence-corrected chi connectivity index (χ2v) is 9.09. The van der Waals surface area contributed by atoms with Crippen molar-refractivity contribution in [1.82, 2.24) is 4.90 Å².